The number of carbonyl (C=O) groups excluding carboxylic acids is 2. The van der Waals surface area contributed by atoms with Crippen molar-refractivity contribution in [1.29, 1.82) is 0 Å². The average Bonchev–Trinajstić information content (AvgIpc) is 3.35. The monoisotopic (exact) mass is 456 g/mol. The highest BCUT2D eigenvalue weighted by Crippen LogP contribution is 2.29. The standard InChI is InChI=1S/C24H32N4O3S/c1-18-8-10-26(11-9-18)21(22-3-2-16-32-22)17-25-24(31)28-14-12-27(13-15-28)23(30)19-4-6-20(29)7-5-19/h2-7,16,18,21,29H,8-15,17H2,1H3,(H,25,31). The summed E-state index contributed by atoms with van der Waals surface area (Å²) in [6.45, 7) is 7.08. The molecule has 0 spiro atoms. The van der Waals surface area contributed by atoms with Crippen molar-refractivity contribution in [2.75, 3.05) is 45.8 Å². The Morgan fingerprint density at radius 3 is 2.31 bits per heavy atom. The number of phenols is 1. The van der Waals surface area contributed by atoms with Gasteiger partial charge in [0.2, 0.25) is 0 Å². The van der Waals surface area contributed by atoms with Gasteiger partial charge in [-0.2, -0.15) is 0 Å². The van der Waals surface area contributed by atoms with E-state index >= 15 is 0 Å². The van der Waals surface area contributed by atoms with E-state index in [-0.39, 0.29) is 23.7 Å². The Labute approximate surface area is 193 Å². The molecule has 1 aromatic heterocycles. The third kappa shape index (κ3) is 5.42. The predicted octanol–water partition coefficient (Wildman–Crippen LogP) is 3.39. The fourth-order valence-electron chi connectivity index (χ4n) is 4.43. The fraction of sp³-hybridized carbons (Fsp3) is 0.500. The summed E-state index contributed by atoms with van der Waals surface area (Å²) < 4.78 is 0. The summed E-state index contributed by atoms with van der Waals surface area (Å²) in [6, 6.07) is 10.7. The number of likely N-dealkylation sites (tertiary alicyclic amines) is 1. The van der Waals surface area contributed by atoms with Crippen LogP contribution in [-0.4, -0.2) is 77.6 Å². The fourth-order valence-corrected chi connectivity index (χ4v) is 5.29. The van der Waals surface area contributed by atoms with E-state index in [1.807, 2.05) is 0 Å². The molecular formula is C24H32N4O3S. The molecule has 0 aliphatic carbocycles. The van der Waals surface area contributed by atoms with Crippen molar-refractivity contribution < 1.29 is 14.7 Å². The van der Waals surface area contributed by atoms with E-state index in [0.717, 1.165) is 19.0 Å². The van der Waals surface area contributed by atoms with E-state index in [0.29, 0.717) is 38.3 Å². The van der Waals surface area contributed by atoms with Crippen LogP contribution >= 0.6 is 11.3 Å². The Morgan fingerprint density at radius 2 is 1.69 bits per heavy atom. The van der Waals surface area contributed by atoms with Crippen LogP contribution in [0.5, 0.6) is 5.75 Å². The van der Waals surface area contributed by atoms with Gasteiger partial charge in [0, 0.05) is 43.2 Å². The van der Waals surface area contributed by atoms with Crippen molar-refractivity contribution in [3.8, 4) is 5.75 Å². The van der Waals surface area contributed by atoms with Gasteiger partial charge >= 0.3 is 6.03 Å². The van der Waals surface area contributed by atoms with Crippen LogP contribution in [0.1, 0.15) is 41.0 Å². The summed E-state index contributed by atoms with van der Waals surface area (Å²) in [4.78, 5) is 32.9. The molecule has 1 atom stereocenters. The number of nitrogens with zero attached hydrogens (tertiary/aromatic N) is 3. The highest BCUT2D eigenvalue weighted by Gasteiger charge is 2.28. The van der Waals surface area contributed by atoms with Gasteiger partial charge in [0.25, 0.3) is 5.91 Å². The summed E-state index contributed by atoms with van der Waals surface area (Å²) in [5.74, 6) is 0.843. The number of aromatic hydroxyl groups is 1. The molecule has 0 radical (unpaired) electrons. The first kappa shape index (κ1) is 22.6. The summed E-state index contributed by atoms with van der Waals surface area (Å²) in [5, 5.41) is 14.7. The Hall–Kier alpha value is -2.58. The largest absolute Gasteiger partial charge is 0.508 e. The molecule has 3 amide bonds. The molecule has 2 aromatic rings. The van der Waals surface area contributed by atoms with Crippen LogP contribution in [0.15, 0.2) is 41.8 Å². The van der Waals surface area contributed by atoms with Crippen LogP contribution in [-0.2, 0) is 0 Å². The predicted molar refractivity (Wildman–Crippen MR) is 126 cm³/mol. The van der Waals surface area contributed by atoms with Gasteiger partial charge in [0.1, 0.15) is 5.75 Å². The van der Waals surface area contributed by atoms with E-state index in [9.17, 15) is 14.7 Å². The summed E-state index contributed by atoms with van der Waals surface area (Å²) in [6.07, 6.45) is 2.40. The first-order valence-corrected chi connectivity index (χ1v) is 12.3. The molecule has 32 heavy (non-hydrogen) atoms. The van der Waals surface area contributed by atoms with E-state index in [2.05, 4.69) is 34.7 Å². The van der Waals surface area contributed by atoms with Gasteiger partial charge in [0.15, 0.2) is 0 Å². The molecule has 0 saturated carbocycles. The lowest BCUT2D eigenvalue weighted by Crippen LogP contribution is -2.54. The molecule has 4 rings (SSSR count). The number of rotatable bonds is 5. The number of phenolic OH excluding ortho intramolecular Hbond substituents is 1. The molecule has 1 unspecified atom stereocenters. The van der Waals surface area contributed by atoms with Crippen molar-refractivity contribution in [2.45, 2.75) is 25.8 Å². The van der Waals surface area contributed by atoms with Crippen LogP contribution in [0.25, 0.3) is 0 Å². The molecule has 172 valence electrons. The minimum Gasteiger partial charge on any atom is -0.508 e. The normalized spacial score (nSPS) is 19.0. The second-order valence-corrected chi connectivity index (χ2v) is 9.74. The van der Waals surface area contributed by atoms with Crippen LogP contribution in [0.2, 0.25) is 0 Å². The van der Waals surface area contributed by atoms with E-state index in [4.69, 9.17) is 0 Å². The average molecular weight is 457 g/mol. The molecular weight excluding hydrogens is 424 g/mol. The molecule has 2 N–H and O–H groups in total. The number of hydrogen-bond acceptors (Lipinski definition) is 5. The minimum absolute atomic E-state index is 0.0614. The highest BCUT2D eigenvalue weighted by molar-refractivity contribution is 7.10. The molecule has 8 heteroatoms. The molecule has 1 aromatic carbocycles. The highest BCUT2D eigenvalue weighted by atomic mass is 32.1. The Bertz CT molecular complexity index is 886. The maximum absolute atomic E-state index is 12.9. The van der Waals surface area contributed by atoms with Gasteiger partial charge < -0.3 is 20.2 Å². The zero-order valence-corrected chi connectivity index (χ0v) is 19.4. The zero-order chi connectivity index (χ0) is 22.5. The van der Waals surface area contributed by atoms with Crippen molar-refractivity contribution in [3.63, 3.8) is 0 Å². The maximum atomic E-state index is 12.9. The van der Waals surface area contributed by atoms with Gasteiger partial charge in [-0.1, -0.05) is 13.0 Å². The number of hydrogen-bond donors (Lipinski definition) is 2. The van der Waals surface area contributed by atoms with Crippen molar-refractivity contribution in [2.24, 2.45) is 5.92 Å². The maximum Gasteiger partial charge on any atom is 0.317 e. The number of benzene rings is 1. The van der Waals surface area contributed by atoms with Gasteiger partial charge in [-0.25, -0.2) is 4.79 Å². The third-order valence-corrected chi connectivity index (χ3v) is 7.52. The minimum atomic E-state index is -0.0675. The molecule has 7 nitrogen and oxygen atoms in total. The number of carbonyl (C=O) groups is 2. The number of thiophene rings is 1. The number of piperidine rings is 1. The van der Waals surface area contributed by atoms with E-state index in [1.165, 1.54) is 29.9 Å². The number of piperazine rings is 1. The van der Waals surface area contributed by atoms with Crippen molar-refractivity contribution in [3.05, 3.63) is 52.2 Å². The summed E-state index contributed by atoms with van der Waals surface area (Å²) >= 11 is 1.75. The van der Waals surface area contributed by atoms with Gasteiger partial charge in [-0.15, -0.1) is 11.3 Å². The lowest BCUT2D eigenvalue weighted by Gasteiger charge is -2.38. The molecule has 0 bridgehead atoms. The first-order chi connectivity index (χ1) is 15.5. The molecule has 2 aliphatic rings. The summed E-state index contributed by atoms with van der Waals surface area (Å²) in [7, 11) is 0. The van der Waals surface area contributed by atoms with Gasteiger partial charge in [-0.3, -0.25) is 9.69 Å². The molecule has 2 fully saturated rings. The van der Waals surface area contributed by atoms with Crippen LogP contribution in [0, 0.1) is 5.92 Å². The lowest BCUT2D eigenvalue weighted by atomic mass is 9.97. The second-order valence-electron chi connectivity index (χ2n) is 8.76. The Kier molecular flexibility index (Phi) is 7.32. The van der Waals surface area contributed by atoms with Crippen LogP contribution in [0.3, 0.4) is 0 Å². The Morgan fingerprint density at radius 1 is 1.03 bits per heavy atom. The first-order valence-electron chi connectivity index (χ1n) is 11.4. The molecule has 2 saturated heterocycles. The van der Waals surface area contributed by atoms with E-state index in [1.54, 1.807) is 33.3 Å². The van der Waals surface area contributed by atoms with Crippen molar-refractivity contribution >= 4 is 23.3 Å². The van der Waals surface area contributed by atoms with Crippen LogP contribution in [0.4, 0.5) is 4.79 Å². The SMILES string of the molecule is CC1CCN(C(CNC(=O)N2CCN(C(=O)c3ccc(O)cc3)CC2)c2cccs2)CC1. The van der Waals surface area contributed by atoms with Gasteiger partial charge in [0.05, 0.1) is 6.04 Å². The zero-order valence-electron chi connectivity index (χ0n) is 18.6. The number of nitrogens with one attached hydrogen (secondary N) is 1. The molecule has 3 heterocycles. The lowest BCUT2D eigenvalue weighted by molar-refractivity contribution is 0.0662. The number of amides is 3. The van der Waals surface area contributed by atoms with Crippen molar-refractivity contribution in [1.82, 2.24) is 20.0 Å². The summed E-state index contributed by atoms with van der Waals surface area (Å²) in [5.41, 5.74) is 0.551. The Balaban J connectivity index is 1.29. The third-order valence-electron chi connectivity index (χ3n) is 6.55. The van der Waals surface area contributed by atoms with E-state index < -0.39 is 0 Å². The topological polar surface area (TPSA) is 76.1 Å². The second kappa shape index (κ2) is 10.4. The quantitative estimate of drug-likeness (QED) is 0.723. The molecule has 2 aliphatic heterocycles. The number of urea groups is 1. The van der Waals surface area contributed by atoms with Gasteiger partial charge in [-0.05, 0) is 67.6 Å². The smallest absolute Gasteiger partial charge is 0.317 e. The van der Waals surface area contributed by atoms with Crippen LogP contribution < -0.4 is 5.32 Å².